The molecule has 0 aromatic carbocycles. The van der Waals surface area contributed by atoms with Crippen LogP contribution >= 0.6 is 11.8 Å². The zero-order valence-corrected chi connectivity index (χ0v) is 52.6. The molecule has 0 aromatic rings. The Morgan fingerprint density at radius 3 is 1.07 bits per heavy atom. The summed E-state index contributed by atoms with van der Waals surface area (Å²) >= 11 is 0.968. The molecule has 0 bridgehead atoms. The quantitative estimate of drug-likeness (QED) is 0.0117. The number of carboxylic acids is 6. The van der Waals surface area contributed by atoms with Gasteiger partial charge in [-0.25, -0.2) is 4.79 Å². The van der Waals surface area contributed by atoms with Gasteiger partial charge in [0.05, 0.1) is 6.61 Å². The van der Waals surface area contributed by atoms with Gasteiger partial charge in [-0.1, -0.05) is 37.8 Å². The number of amides is 2. The van der Waals surface area contributed by atoms with Gasteiger partial charge in [0.2, 0.25) is 46.4 Å². The molecule has 6 atom stereocenters. The summed E-state index contributed by atoms with van der Waals surface area (Å²) in [5.74, 6) is -12.7. The molecule has 0 radical (unpaired) electrons. The number of nitrogens with two attached hydrogens (primary N) is 6. The van der Waals surface area contributed by atoms with Crippen LogP contribution in [0.4, 0.5) is 0 Å². The number of carbonyl (C=O) groups excluding carboxylic acids is 12. The Hall–Kier alpha value is -8.15. The molecule has 0 saturated heterocycles. The van der Waals surface area contributed by atoms with Gasteiger partial charge in [0.15, 0.2) is 0 Å². The third-order valence-corrected chi connectivity index (χ3v) is 12.0. The van der Waals surface area contributed by atoms with Crippen LogP contribution in [0.2, 0.25) is 0 Å². The van der Waals surface area contributed by atoms with Gasteiger partial charge in [-0.05, 0) is 109 Å². The van der Waals surface area contributed by atoms with Crippen LogP contribution in [0, 0.1) is 0 Å². The summed E-state index contributed by atoms with van der Waals surface area (Å²) in [6.45, 7) is 15.4. The number of carboxylic acid groups (broad SMARTS) is 6. The normalized spacial score (nSPS) is 11.9. The Morgan fingerprint density at radius 1 is 0.378 bits per heavy atom. The van der Waals surface area contributed by atoms with Crippen molar-refractivity contribution in [2.45, 2.75) is 193 Å². The number of unbranched alkanes of at least 4 members (excludes halogenated alkanes) is 4. The monoisotopic (exact) mass is 1310 g/mol. The number of aliphatic carboxylic acids is 6. The van der Waals surface area contributed by atoms with E-state index in [4.69, 9.17) is 65.0 Å². The summed E-state index contributed by atoms with van der Waals surface area (Å²) in [7, 11) is 0. The van der Waals surface area contributed by atoms with Crippen LogP contribution in [0.15, 0.2) is 24.3 Å². The lowest BCUT2D eigenvalue weighted by molar-refractivity contribution is -0.153. The topological polar surface area (TPSA) is 618 Å². The second kappa shape index (κ2) is 56.1. The minimum absolute atomic E-state index is 0.0205. The predicted octanol–water partition coefficient (Wildman–Crippen LogP) is -0.768. The van der Waals surface area contributed by atoms with Crippen LogP contribution in [0.1, 0.15) is 157 Å². The van der Waals surface area contributed by atoms with Crippen molar-refractivity contribution in [2.75, 3.05) is 25.4 Å². The summed E-state index contributed by atoms with van der Waals surface area (Å²) in [5.41, 5.74) is 32.1. The number of allylic oxidation sites excluding steroid dienone is 1. The fourth-order valence-corrected chi connectivity index (χ4v) is 6.23. The van der Waals surface area contributed by atoms with E-state index in [1.165, 1.54) is 20.8 Å². The van der Waals surface area contributed by atoms with E-state index in [1.54, 1.807) is 6.92 Å². The molecule has 0 spiro atoms. The maximum absolute atomic E-state index is 11.1. The third kappa shape index (κ3) is 58.8. The molecule has 6 unspecified atom stereocenters. The minimum atomic E-state index is -1.10. The number of ketones is 8. The highest BCUT2D eigenvalue weighted by molar-refractivity contribution is 8.15. The number of esters is 1. The Kier molecular flexibility index (Phi) is 58.0. The molecule has 0 saturated carbocycles. The molecule has 0 heterocycles. The van der Waals surface area contributed by atoms with Crippen LogP contribution in [-0.2, 0) is 91.0 Å². The second-order valence-corrected chi connectivity index (χ2v) is 20.6. The average molecular weight is 1310 g/mol. The van der Waals surface area contributed by atoms with E-state index < -0.39 is 135 Å². The Morgan fingerprint density at radius 2 is 0.711 bits per heavy atom. The largest absolute Gasteiger partial charge is 0.480 e. The molecule has 512 valence electrons. The Labute approximate surface area is 525 Å². The number of ether oxygens (including phenoxy) is 1. The summed E-state index contributed by atoms with van der Waals surface area (Å²) in [6, 6.07) is -5.34. The Bertz CT molecular complexity index is 2330. The van der Waals surface area contributed by atoms with Crippen molar-refractivity contribution in [2.24, 2.45) is 34.4 Å². The zero-order chi connectivity index (χ0) is 71.4. The van der Waals surface area contributed by atoms with Crippen LogP contribution in [0.3, 0.4) is 0 Å². The lowest BCUT2D eigenvalue weighted by Crippen LogP contribution is -2.32. The highest BCUT2D eigenvalue weighted by Gasteiger charge is 2.20. The van der Waals surface area contributed by atoms with Gasteiger partial charge < -0.3 is 80.4 Å². The smallest absolute Gasteiger partial charge is 0.374 e. The molecule has 0 rings (SSSR count). The fourth-order valence-electron chi connectivity index (χ4n) is 5.49. The van der Waals surface area contributed by atoms with Crippen molar-refractivity contribution in [3.63, 3.8) is 0 Å². The van der Waals surface area contributed by atoms with Crippen LogP contribution in [0.5, 0.6) is 0 Å². The van der Waals surface area contributed by atoms with E-state index in [9.17, 15) is 86.3 Å². The number of thioether (sulfide) groups is 1. The highest BCUT2D eigenvalue weighted by Crippen LogP contribution is 2.10. The first-order chi connectivity index (χ1) is 41.5. The van der Waals surface area contributed by atoms with Gasteiger partial charge in [0.25, 0.3) is 16.8 Å². The molecule has 90 heavy (non-hydrogen) atoms. The molecule has 20 N–H and O–H groups in total. The van der Waals surface area contributed by atoms with Crippen molar-refractivity contribution in [1.82, 2.24) is 10.6 Å². The van der Waals surface area contributed by atoms with Gasteiger partial charge >= 0.3 is 41.8 Å². The Balaban J connectivity index is -0.000000235. The first-order valence-electron chi connectivity index (χ1n) is 27.8. The average Bonchev–Trinajstić information content (AvgIpc) is 3.46. The predicted molar refractivity (Wildman–Crippen MR) is 324 cm³/mol. The van der Waals surface area contributed by atoms with E-state index >= 15 is 0 Å². The number of rotatable bonds is 42. The first-order valence-corrected chi connectivity index (χ1v) is 28.8. The molecular formula is C56H92N8O25S. The lowest BCUT2D eigenvalue weighted by atomic mass is 10.0. The van der Waals surface area contributed by atoms with Crippen molar-refractivity contribution in [3.8, 4) is 0 Å². The lowest BCUT2D eigenvalue weighted by Gasteiger charge is -2.07. The van der Waals surface area contributed by atoms with Crippen LogP contribution in [0.25, 0.3) is 0 Å². The van der Waals surface area contributed by atoms with E-state index in [-0.39, 0.29) is 43.8 Å². The molecule has 33 nitrogen and oxygen atoms in total. The molecule has 0 fully saturated rings. The van der Waals surface area contributed by atoms with E-state index in [1.807, 2.05) is 0 Å². The van der Waals surface area contributed by atoms with Crippen molar-refractivity contribution >= 4 is 117 Å². The second-order valence-electron chi connectivity index (χ2n) is 19.5. The number of nitrogens with one attached hydrogen (secondary N) is 2. The molecule has 0 aromatic heterocycles. The zero-order valence-electron chi connectivity index (χ0n) is 51.7. The van der Waals surface area contributed by atoms with Crippen LogP contribution in [-0.4, -0.2) is 197 Å². The van der Waals surface area contributed by atoms with Gasteiger partial charge in [-0.15, -0.1) is 0 Å². The van der Waals surface area contributed by atoms with Crippen molar-refractivity contribution in [3.05, 3.63) is 24.3 Å². The first kappa shape index (κ1) is 93.0. The van der Waals surface area contributed by atoms with Crippen molar-refractivity contribution < 1.29 is 122 Å². The maximum atomic E-state index is 11.1. The number of carbonyl (C=O) groups is 18. The van der Waals surface area contributed by atoms with Crippen molar-refractivity contribution in [1.29, 1.82) is 0 Å². The SMILES string of the molecule is C=C(C)C(=O)C(=O)CCCC(N)C(=O)O.C=C(C)C(=O)NCCCC(N)C(=O)O.CC(=O)C(=O)C(=O)CCCCC(N)C(=O)O.CC(=O)C(=O)NCCCCC(N)C(=O)O.CC(=O)C(=O)OCCCCC(N)C(=O)O.CC(=O)C(=O)SCCCCC(N)C(=O)O. The minimum Gasteiger partial charge on any atom is -0.480 e. The van der Waals surface area contributed by atoms with Gasteiger partial charge in [0.1, 0.15) is 36.3 Å². The van der Waals surface area contributed by atoms with Gasteiger partial charge in [0, 0.05) is 65.0 Å². The number of hydrogen-bond donors (Lipinski definition) is 14. The van der Waals surface area contributed by atoms with E-state index in [2.05, 4.69) is 28.5 Å². The molecule has 0 aliphatic heterocycles. The summed E-state index contributed by atoms with van der Waals surface area (Å²) in [6.07, 6.45) is 7.08. The van der Waals surface area contributed by atoms with E-state index in [0.29, 0.717) is 114 Å². The number of Topliss-reactive ketones (excluding diaryl/α,β-unsaturated/α-hetero) is 8. The molecule has 0 aliphatic rings. The fraction of sp³-hybridized carbons (Fsp3) is 0.607. The van der Waals surface area contributed by atoms with Gasteiger partial charge in [-0.3, -0.25) is 81.5 Å². The van der Waals surface area contributed by atoms with E-state index in [0.717, 1.165) is 25.6 Å². The number of hydrogen-bond acceptors (Lipinski definition) is 26. The molecule has 2 amide bonds. The summed E-state index contributed by atoms with van der Waals surface area (Å²) in [5, 5.41) is 55.3. The summed E-state index contributed by atoms with van der Waals surface area (Å²) in [4.78, 5) is 191. The molecular weight excluding hydrogens is 1220 g/mol. The molecule has 34 heteroatoms. The standard InChI is InChI=1S/C10H15NO5.C10H15NO4.C9H16N2O4.C9H16N2O3.C9H15NO5.C9H15NO4S/c1-6(12)9(14)8(13)5-3-2-4-7(11)10(15)16;1-6(2)9(13)8(12)5-3-4-7(11)10(14)15;1-6(12)8(13)11-5-3-2-4-7(10)9(14)15;1-6(2)8(12)11-5-3-4-7(10)9(13)14;2*1-6(11)9(14)15-5-3-2-4-7(10)8(12)13/h7H,2-5,11H2,1H3,(H,15,16);7H,1,3-5,11H2,2H3,(H,14,15);7H,2-5,10H2,1H3,(H,11,13)(H,14,15);7H,1,3-5,10H2,2H3,(H,11,12)(H,13,14);2*7H,2-5,10H2,1H3,(H,12,13). The summed E-state index contributed by atoms with van der Waals surface area (Å²) < 4.78 is 4.57. The third-order valence-electron chi connectivity index (χ3n) is 11.0. The maximum Gasteiger partial charge on any atom is 0.374 e. The van der Waals surface area contributed by atoms with Gasteiger partial charge in [-0.2, -0.15) is 0 Å². The highest BCUT2D eigenvalue weighted by atomic mass is 32.2. The van der Waals surface area contributed by atoms with Crippen LogP contribution < -0.4 is 45.0 Å². The molecule has 0 aliphatic carbocycles.